The molecular formula is C19H25IN4O. The quantitative estimate of drug-likeness (QED) is 0.385. The van der Waals surface area contributed by atoms with Crippen LogP contribution in [0.5, 0.6) is 5.88 Å². The first kappa shape index (κ1) is 19.5. The van der Waals surface area contributed by atoms with Gasteiger partial charge >= 0.3 is 0 Å². The molecule has 134 valence electrons. The summed E-state index contributed by atoms with van der Waals surface area (Å²) in [6, 6.07) is 14.2. The van der Waals surface area contributed by atoms with Gasteiger partial charge in [0.05, 0.1) is 6.61 Å². The standard InChI is InChI=1S/C19H24N4O.HI/c1-20-19(22-11-15-5-3-2-4-6-15)23-13-17-9-10-18(21-12-17)24-14-16-7-8-16;/h2-6,9-10,12,16H,7-8,11,13-14H2,1H3,(H2,20,22,23);1H. The van der Waals surface area contributed by atoms with Crippen molar-refractivity contribution >= 4 is 29.9 Å². The van der Waals surface area contributed by atoms with E-state index in [9.17, 15) is 0 Å². The molecule has 3 rings (SSSR count). The molecule has 0 atom stereocenters. The van der Waals surface area contributed by atoms with E-state index in [1.807, 2.05) is 36.5 Å². The van der Waals surface area contributed by atoms with Gasteiger partial charge in [-0.05, 0) is 29.9 Å². The lowest BCUT2D eigenvalue weighted by molar-refractivity contribution is 0.288. The van der Waals surface area contributed by atoms with E-state index >= 15 is 0 Å². The van der Waals surface area contributed by atoms with Crippen molar-refractivity contribution in [2.24, 2.45) is 10.9 Å². The predicted octanol–water partition coefficient (Wildman–Crippen LogP) is 3.35. The van der Waals surface area contributed by atoms with Crippen molar-refractivity contribution in [2.45, 2.75) is 25.9 Å². The lowest BCUT2D eigenvalue weighted by Gasteiger charge is -2.12. The van der Waals surface area contributed by atoms with Gasteiger partial charge in [-0.2, -0.15) is 0 Å². The Labute approximate surface area is 166 Å². The van der Waals surface area contributed by atoms with Gasteiger partial charge in [0, 0.05) is 32.4 Å². The summed E-state index contributed by atoms with van der Waals surface area (Å²) in [7, 11) is 1.77. The lowest BCUT2D eigenvalue weighted by Crippen LogP contribution is -2.36. The summed E-state index contributed by atoms with van der Waals surface area (Å²) in [6.45, 7) is 2.21. The first-order chi connectivity index (χ1) is 11.8. The van der Waals surface area contributed by atoms with Gasteiger partial charge in [0.1, 0.15) is 0 Å². The third-order valence-corrected chi connectivity index (χ3v) is 3.95. The first-order valence-electron chi connectivity index (χ1n) is 8.39. The van der Waals surface area contributed by atoms with Gasteiger partial charge < -0.3 is 15.4 Å². The monoisotopic (exact) mass is 452 g/mol. The van der Waals surface area contributed by atoms with Crippen LogP contribution < -0.4 is 15.4 Å². The summed E-state index contributed by atoms with van der Waals surface area (Å²) < 4.78 is 5.65. The molecular weight excluding hydrogens is 427 g/mol. The van der Waals surface area contributed by atoms with Gasteiger partial charge in [0.2, 0.25) is 5.88 Å². The summed E-state index contributed by atoms with van der Waals surface area (Å²) in [5.41, 5.74) is 2.32. The second-order valence-corrected chi connectivity index (χ2v) is 6.02. The zero-order valence-corrected chi connectivity index (χ0v) is 16.8. The van der Waals surface area contributed by atoms with Crippen molar-refractivity contribution < 1.29 is 4.74 Å². The van der Waals surface area contributed by atoms with E-state index in [1.54, 1.807) is 7.05 Å². The molecule has 5 nitrogen and oxygen atoms in total. The van der Waals surface area contributed by atoms with Crippen molar-refractivity contribution in [3.8, 4) is 5.88 Å². The SMILES string of the molecule is CN=C(NCc1ccccc1)NCc1ccc(OCC2CC2)nc1.I. The first-order valence-corrected chi connectivity index (χ1v) is 8.39. The number of nitrogens with zero attached hydrogens (tertiary/aromatic N) is 2. The maximum atomic E-state index is 5.65. The van der Waals surface area contributed by atoms with E-state index < -0.39 is 0 Å². The van der Waals surface area contributed by atoms with Crippen molar-refractivity contribution in [1.29, 1.82) is 0 Å². The number of nitrogens with one attached hydrogen (secondary N) is 2. The Hall–Kier alpha value is -1.83. The van der Waals surface area contributed by atoms with E-state index in [0.717, 1.165) is 30.6 Å². The Kier molecular flexibility index (Phi) is 7.97. The van der Waals surface area contributed by atoms with Gasteiger partial charge in [-0.3, -0.25) is 4.99 Å². The number of guanidine groups is 1. The van der Waals surface area contributed by atoms with Crippen LogP contribution in [0.1, 0.15) is 24.0 Å². The van der Waals surface area contributed by atoms with Crippen LogP contribution in [-0.4, -0.2) is 24.6 Å². The fraction of sp³-hybridized carbons (Fsp3) is 0.368. The number of halogens is 1. The number of rotatable bonds is 7. The Morgan fingerprint density at radius 1 is 1.08 bits per heavy atom. The maximum absolute atomic E-state index is 5.65. The van der Waals surface area contributed by atoms with Crippen LogP contribution in [0.4, 0.5) is 0 Å². The molecule has 0 radical (unpaired) electrons. The van der Waals surface area contributed by atoms with Crippen LogP contribution in [0.3, 0.4) is 0 Å². The van der Waals surface area contributed by atoms with Crippen LogP contribution >= 0.6 is 24.0 Å². The molecule has 0 spiro atoms. The maximum Gasteiger partial charge on any atom is 0.213 e. The lowest BCUT2D eigenvalue weighted by atomic mass is 10.2. The van der Waals surface area contributed by atoms with E-state index in [0.29, 0.717) is 12.4 Å². The van der Waals surface area contributed by atoms with Gasteiger partial charge in [0.25, 0.3) is 0 Å². The van der Waals surface area contributed by atoms with Crippen LogP contribution in [-0.2, 0) is 13.1 Å². The predicted molar refractivity (Wildman–Crippen MR) is 111 cm³/mol. The van der Waals surface area contributed by atoms with E-state index in [1.165, 1.54) is 18.4 Å². The van der Waals surface area contributed by atoms with Gasteiger partial charge in [-0.15, -0.1) is 24.0 Å². The van der Waals surface area contributed by atoms with Gasteiger partial charge in [0.15, 0.2) is 5.96 Å². The molecule has 0 bridgehead atoms. The molecule has 0 amide bonds. The number of ether oxygens (including phenoxy) is 1. The minimum Gasteiger partial charge on any atom is -0.477 e. The fourth-order valence-electron chi connectivity index (χ4n) is 2.28. The van der Waals surface area contributed by atoms with Crippen LogP contribution in [0.2, 0.25) is 0 Å². The molecule has 1 heterocycles. The molecule has 2 N–H and O–H groups in total. The number of hydrogen-bond donors (Lipinski definition) is 2. The molecule has 1 saturated carbocycles. The number of aliphatic imine (C=N–C) groups is 1. The molecule has 1 aliphatic rings. The van der Waals surface area contributed by atoms with E-state index in [2.05, 4.69) is 32.7 Å². The number of benzene rings is 1. The Morgan fingerprint density at radius 2 is 1.80 bits per heavy atom. The second kappa shape index (κ2) is 10.2. The molecule has 25 heavy (non-hydrogen) atoms. The normalized spacial score (nSPS) is 13.7. The number of pyridine rings is 1. The highest BCUT2D eigenvalue weighted by Gasteiger charge is 2.21. The van der Waals surface area contributed by atoms with Gasteiger partial charge in [-0.1, -0.05) is 36.4 Å². The third kappa shape index (κ3) is 6.89. The van der Waals surface area contributed by atoms with Crippen molar-refractivity contribution in [3.05, 3.63) is 59.8 Å². The highest BCUT2D eigenvalue weighted by atomic mass is 127. The zero-order chi connectivity index (χ0) is 16.6. The molecule has 6 heteroatoms. The summed E-state index contributed by atoms with van der Waals surface area (Å²) in [4.78, 5) is 8.59. The molecule has 0 unspecified atom stereocenters. The summed E-state index contributed by atoms with van der Waals surface area (Å²) in [5, 5.41) is 6.59. The molecule has 1 aliphatic carbocycles. The van der Waals surface area contributed by atoms with E-state index in [4.69, 9.17) is 4.74 Å². The second-order valence-electron chi connectivity index (χ2n) is 6.02. The van der Waals surface area contributed by atoms with Crippen LogP contribution in [0, 0.1) is 5.92 Å². The highest BCUT2D eigenvalue weighted by molar-refractivity contribution is 14.0. The minimum absolute atomic E-state index is 0. The third-order valence-electron chi connectivity index (χ3n) is 3.95. The molecule has 1 aromatic carbocycles. The van der Waals surface area contributed by atoms with Gasteiger partial charge in [-0.25, -0.2) is 4.98 Å². The molecule has 1 fully saturated rings. The number of aromatic nitrogens is 1. The Bertz CT molecular complexity index is 657. The average Bonchev–Trinajstić information content (AvgIpc) is 3.46. The zero-order valence-electron chi connectivity index (χ0n) is 14.4. The fourth-order valence-corrected chi connectivity index (χ4v) is 2.28. The minimum atomic E-state index is 0. The largest absolute Gasteiger partial charge is 0.477 e. The highest BCUT2D eigenvalue weighted by Crippen LogP contribution is 2.29. The average molecular weight is 452 g/mol. The Morgan fingerprint density at radius 3 is 2.40 bits per heavy atom. The van der Waals surface area contributed by atoms with Crippen molar-refractivity contribution in [3.63, 3.8) is 0 Å². The summed E-state index contributed by atoms with van der Waals surface area (Å²) in [6.07, 6.45) is 4.42. The topological polar surface area (TPSA) is 58.5 Å². The van der Waals surface area contributed by atoms with Crippen LogP contribution in [0.15, 0.2) is 53.7 Å². The number of hydrogen-bond acceptors (Lipinski definition) is 3. The molecule has 1 aromatic heterocycles. The van der Waals surface area contributed by atoms with E-state index in [-0.39, 0.29) is 24.0 Å². The summed E-state index contributed by atoms with van der Waals surface area (Å²) >= 11 is 0. The molecule has 0 aliphatic heterocycles. The molecule has 2 aromatic rings. The van der Waals surface area contributed by atoms with Crippen molar-refractivity contribution in [1.82, 2.24) is 15.6 Å². The van der Waals surface area contributed by atoms with Crippen molar-refractivity contribution in [2.75, 3.05) is 13.7 Å². The van der Waals surface area contributed by atoms with Crippen LogP contribution in [0.25, 0.3) is 0 Å². The Balaban J connectivity index is 0.00000225. The summed E-state index contributed by atoms with van der Waals surface area (Å²) in [5.74, 6) is 2.22. The smallest absolute Gasteiger partial charge is 0.213 e. The molecule has 0 saturated heterocycles.